The van der Waals surface area contributed by atoms with Crippen molar-refractivity contribution in [2.45, 2.75) is 175 Å². The molecular weight excluding hydrogens is 362 g/mol. The van der Waals surface area contributed by atoms with E-state index in [4.69, 9.17) is 0 Å². The maximum Gasteiger partial charge on any atom is 0.00385 e. The Bertz CT molecular complexity index is 273. The fraction of sp³-hybridized carbons (Fsp3) is 1.00. The van der Waals surface area contributed by atoms with Crippen LogP contribution in [0.4, 0.5) is 0 Å². The highest BCUT2D eigenvalue weighted by Crippen LogP contribution is 2.14. The molecule has 0 aromatic heterocycles. The molecule has 0 aromatic carbocycles. The molecule has 0 radical (unpaired) electrons. The number of rotatable bonds is 25. The van der Waals surface area contributed by atoms with Gasteiger partial charge in [0.1, 0.15) is 0 Å². The van der Waals surface area contributed by atoms with Gasteiger partial charge in [-0.2, -0.15) is 0 Å². The Balaban J connectivity index is 3.42. The summed E-state index contributed by atoms with van der Waals surface area (Å²) in [6.07, 6.45) is 31.8. The second-order valence-corrected chi connectivity index (χ2v) is 10.2. The molecular formula is C29H61N. The molecule has 0 rings (SSSR count). The molecule has 0 saturated carbocycles. The molecule has 0 fully saturated rings. The van der Waals surface area contributed by atoms with Gasteiger partial charge in [-0.05, 0) is 39.8 Å². The average Bonchev–Trinajstić information content (AvgIpc) is 2.74. The van der Waals surface area contributed by atoms with Crippen molar-refractivity contribution in [3.8, 4) is 0 Å². The first-order valence-electron chi connectivity index (χ1n) is 14.5. The minimum Gasteiger partial charge on any atom is -0.301 e. The zero-order valence-corrected chi connectivity index (χ0v) is 22.0. The second kappa shape index (κ2) is 25.2. The van der Waals surface area contributed by atoms with Gasteiger partial charge in [-0.3, -0.25) is 0 Å². The van der Waals surface area contributed by atoms with Gasteiger partial charge in [0.05, 0.1) is 0 Å². The number of nitrogens with zero attached hydrogens (tertiary/aromatic N) is 1. The van der Waals surface area contributed by atoms with Crippen LogP contribution in [0.3, 0.4) is 0 Å². The Hall–Kier alpha value is -0.0400. The lowest BCUT2D eigenvalue weighted by Crippen LogP contribution is -2.32. The third-order valence-electron chi connectivity index (χ3n) is 6.83. The molecule has 0 amide bonds. The molecule has 0 aliphatic rings. The van der Waals surface area contributed by atoms with E-state index < -0.39 is 0 Å². The highest BCUT2D eigenvalue weighted by atomic mass is 15.1. The number of unbranched alkanes of at least 4 members (excludes halogenated alkanes) is 20. The van der Waals surface area contributed by atoms with Crippen LogP contribution in [0.15, 0.2) is 0 Å². The lowest BCUT2D eigenvalue weighted by Gasteiger charge is -2.26. The van der Waals surface area contributed by atoms with Crippen molar-refractivity contribution in [1.82, 2.24) is 4.90 Å². The van der Waals surface area contributed by atoms with Crippen LogP contribution in [-0.4, -0.2) is 24.0 Å². The summed E-state index contributed by atoms with van der Waals surface area (Å²) in [4.78, 5) is 2.74. The summed E-state index contributed by atoms with van der Waals surface area (Å²) in [5, 5.41) is 0. The molecule has 1 nitrogen and oxygen atoms in total. The van der Waals surface area contributed by atoms with Gasteiger partial charge in [-0.15, -0.1) is 0 Å². The summed E-state index contributed by atoms with van der Waals surface area (Å²) in [7, 11) is 0. The van der Waals surface area contributed by atoms with E-state index >= 15 is 0 Å². The highest BCUT2D eigenvalue weighted by Gasteiger charge is 2.08. The fourth-order valence-corrected chi connectivity index (χ4v) is 4.59. The van der Waals surface area contributed by atoms with Gasteiger partial charge in [0.2, 0.25) is 0 Å². The third kappa shape index (κ3) is 22.6. The van der Waals surface area contributed by atoms with E-state index in [9.17, 15) is 0 Å². The Morgan fingerprint density at radius 2 is 0.600 bits per heavy atom. The minimum atomic E-state index is 0.719. The molecule has 0 aliphatic carbocycles. The summed E-state index contributed by atoms with van der Waals surface area (Å²) in [5.41, 5.74) is 0. The van der Waals surface area contributed by atoms with Crippen LogP contribution in [0, 0.1) is 0 Å². The van der Waals surface area contributed by atoms with Crippen molar-refractivity contribution < 1.29 is 0 Å². The van der Waals surface area contributed by atoms with Gasteiger partial charge >= 0.3 is 0 Å². The summed E-state index contributed by atoms with van der Waals surface area (Å²) >= 11 is 0. The molecule has 0 saturated heterocycles. The first-order chi connectivity index (χ1) is 14.7. The van der Waals surface area contributed by atoms with E-state index in [1.165, 1.54) is 154 Å². The summed E-state index contributed by atoms with van der Waals surface area (Å²) in [6.45, 7) is 12.0. The van der Waals surface area contributed by atoms with Crippen molar-refractivity contribution in [1.29, 1.82) is 0 Å². The van der Waals surface area contributed by atoms with Gasteiger partial charge in [0.25, 0.3) is 0 Å². The molecule has 0 unspecified atom stereocenters. The predicted octanol–water partition coefficient (Wildman–Crippen LogP) is 10.3. The summed E-state index contributed by atoms with van der Waals surface area (Å²) < 4.78 is 0. The number of hydrogen-bond donors (Lipinski definition) is 0. The highest BCUT2D eigenvalue weighted by molar-refractivity contribution is 4.63. The topological polar surface area (TPSA) is 3.24 Å². The van der Waals surface area contributed by atoms with Crippen molar-refractivity contribution in [2.24, 2.45) is 0 Å². The molecule has 182 valence electrons. The normalized spacial score (nSPS) is 11.8. The maximum atomic E-state index is 2.74. The van der Waals surface area contributed by atoms with Crippen LogP contribution in [0.2, 0.25) is 0 Å². The molecule has 0 aromatic rings. The monoisotopic (exact) mass is 423 g/mol. The Labute approximate surface area is 193 Å². The van der Waals surface area contributed by atoms with Crippen molar-refractivity contribution in [3.63, 3.8) is 0 Å². The molecule has 30 heavy (non-hydrogen) atoms. The largest absolute Gasteiger partial charge is 0.301 e. The smallest absolute Gasteiger partial charge is 0.00385 e. The molecule has 0 N–H and O–H groups in total. The first kappa shape index (κ1) is 30.0. The standard InChI is InChI=1S/C29H61N/c1-5-7-9-11-13-15-17-19-21-23-25-27-30(29(3)4)28-26-24-22-20-18-16-14-12-10-8-6-2/h29H,5-28H2,1-4H3. The molecule has 0 spiro atoms. The maximum absolute atomic E-state index is 2.74. The Kier molecular flexibility index (Phi) is 25.2. The summed E-state index contributed by atoms with van der Waals surface area (Å²) in [6, 6.07) is 0.719. The zero-order chi connectivity index (χ0) is 22.1. The molecule has 0 bridgehead atoms. The van der Waals surface area contributed by atoms with Crippen molar-refractivity contribution >= 4 is 0 Å². The zero-order valence-electron chi connectivity index (χ0n) is 22.0. The summed E-state index contributed by atoms with van der Waals surface area (Å²) in [5.74, 6) is 0. The van der Waals surface area contributed by atoms with Crippen LogP contribution < -0.4 is 0 Å². The molecule has 0 heterocycles. The third-order valence-corrected chi connectivity index (χ3v) is 6.83. The van der Waals surface area contributed by atoms with E-state index in [0.717, 1.165) is 6.04 Å². The molecule has 0 atom stereocenters. The van der Waals surface area contributed by atoms with Crippen LogP contribution in [-0.2, 0) is 0 Å². The van der Waals surface area contributed by atoms with Crippen LogP contribution in [0.25, 0.3) is 0 Å². The lowest BCUT2D eigenvalue weighted by molar-refractivity contribution is 0.211. The fourth-order valence-electron chi connectivity index (χ4n) is 4.59. The quantitative estimate of drug-likeness (QED) is 0.132. The van der Waals surface area contributed by atoms with E-state index in [1.54, 1.807) is 0 Å². The van der Waals surface area contributed by atoms with E-state index in [2.05, 4.69) is 32.6 Å². The van der Waals surface area contributed by atoms with Crippen LogP contribution >= 0.6 is 0 Å². The van der Waals surface area contributed by atoms with Gasteiger partial charge in [-0.1, -0.05) is 142 Å². The Morgan fingerprint density at radius 3 is 0.833 bits per heavy atom. The second-order valence-electron chi connectivity index (χ2n) is 10.2. The van der Waals surface area contributed by atoms with Crippen LogP contribution in [0.1, 0.15) is 169 Å². The Morgan fingerprint density at radius 1 is 0.367 bits per heavy atom. The average molecular weight is 424 g/mol. The van der Waals surface area contributed by atoms with Gasteiger partial charge in [0.15, 0.2) is 0 Å². The van der Waals surface area contributed by atoms with Gasteiger partial charge < -0.3 is 4.90 Å². The minimum absolute atomic E-state index is 0.719. The first-order valence-corrected chi connectivity index (χ1v) is 14.5. The predicted molar refractivity (Wildman–Crippen MR) is 140 cm³/mol. The van der Waals surface area contributed by atoms with Gasteiger partial charge in [-0.25, -0.2) is 0 Å². The van der Waals surface area contributed by atoms with Crippen molar-refractivity contribution in [2.75, 3.05) is 13.1 Å². The van der Waals surface area contributed by atoms with E-state index in [1.807, 2.05) is 0 Å². The molecule has 0 aliphatic heterocycles. The molecule has 1 heteroatoms. The van der Waals surface area contributed by atoms with Crippen LogP contribution in [0.5, 0.6) is 0 Å². The number of hydrogen-bond acceptors (Lipinski definition) is 1. The SMILES string of the molecule is CCCCCCCCCCCCCN(CCCCCCCCCCCCC)C(C)C. The van der Waals surface area contributed by atoms with Gasteiger partial charge in [0, 0.05) is 6.04 Å². The van der Waals surface area contributed by atoms with E-state index in [0.29, 0.717) is 0 Å². The van der Waals surface area contributed by atoms with E-state index in [-0.39, 0.29) is 0 Å². The lowest BCUT2D eigenvalue weighted by atomic mass is 10.1. The van der Waals surface area contributed by atoms with Crippen molar-refractivity contribution in [3.05, 3.63) is 0 Å².